The molecule has 1 aromatic carbocycles. The summed E-state index contributed by atoms with van der Waals surface area (Å²) in [5, 5.41) is 3.13. The fourth-order valence-electron chi connectivity index (χ4n) is 3.32. The van der Waals surface area contributed by atoms with Crippen molar-refractivity contribution in [3.63, 3.8) is 0 Å². The van der Waals surface area contributed by atoms with Crippen LogP contribution in [0.4, 0.5) is 9.59 Å². The molecule has 0 saturated carbocycles. The number of hydrogen-bond acceptors (Lipinski definition) is 4. The van der Waals surface area contributed by atoms with Crippen LogP contribution >= 0.6 is 0 Å². The zero-order valence-corrected chi connectivity index (χ0v) is 15.4. The number of benzene rings is 1. The first kappa shape index (κ1) is 18.5. The van der Waals surface area contributed by atoms with E-state index >= 15 is 0 Å². The number of ether oxygens (including phenoxy) is 1. The highest BCUT2D eigenvalue weighted by molar-refractivity contribution is 5.75. The maximum Gasteiger partial charge on any atom is 0.410 e. The molecule has 3 rings (SSSR count). The maximum absolute atomic E-state index is 12.4. The summed E-state index contributed by atoms with van der Waals surface area (Å²) in [5.41, 5.74) is 0.969. The van der Waals surface area contributed by atoms with Gasteiger partial charge in [-0.1, -0.05) is 30.3 Å². The normalized spacial score (nSPS) is 19.3. The molecule has 0 atom stereocenters. The van der Waals surface area contributed by atoms with Crippen LogP contribution < -0.4 is 5.32 Å². The lowest BCUT2D eigenvalue weighted by Gasteiger charge is -2.36. The first-order valence-corrected chi connectivity index (χ1v) is 9.31. The number of amides is 3. The summed E-state index contributed by atoms with van der Waals surface area (Å²) >= 11 is 0. The zero-order valence-electron chi connectivity index (χ0n) is 15.4. The Kier molecular flexibility index (Phi) is 6.33. The average molecular weight is 360 g/mol. The number of nitrogens with one attached hydrogen (secondary N) is 1. The van der Waals surface area contributed by atoms with Crippen LogP contribution in [-0.4, -0.2) is 79.2 Å². The Morgan fingerprint density at radius 2 is 1.62 bits per heavy atom. The first-order chi connectivity index (χ1) is 12.6. The Hall–Kier alpha value is -2.28. The van der Waals surface area contributed by atoms with E-state index in [0.717, 1.165) is 31.5 Å². The van der Waals surface area contributed by atoms with Gasteiger partial charge in [-0.05, 0) is 38.5 Å². The van der Waals surface area contributed by atoms with Gasteiger partial charge in [-0.15, -0.1) is 0 Å². The molecule has 26 heavy (non-hydrogen) atoms. The van der Waals surface area contributed by atoms with E-state index in [1.807, 2.05) is 30.3 Å². The summed E-state index contributed by atoms with van der Waals surface area (Å²) in [5.74, 6) is 0. The van der Waals surface area contributed by atoms with Gasteiger partial charge in [-0.2, -0.15) is 0 Å². The van der Waals surface area contributed by atoms with Gasteiger partial charge in [0.2, 0.25) is 0 Å². The van der Waals surface area contributed by atoms with Gasteiger partial charge in [0.25, 0.3) is 0 Å². The van der Waals surface area contributed by atoms with Gasteiger partial charge in [0.15, 0.2) is 0 Å². The highest BCUT2D eigenvalue weighted by Crippen LogP contribution is 2.11. The van der Waals surface area contributed by atoms with E-state index in [0.29, 0.717) is 26.2 Å². The molecule has 2 heterocycles. The largest absolute Gasteiger partial charge is 0.445 e. The van der Waals surface area contributed by atoms with Gasteiger partial charge in [0.1, 0.15) is 6.61 Å². The van der Waals surface area contributed by atoms with Crippen LogP contribution in [0.5, 0.6) is 0 Å². The van der Waals surface area contributed by atoms with Crippen LogP contribution in [0.3, 0.4) is 0 Å². The van der Waals surface area contributed by atoms with Crippen molar-refractivity contribution >= 4 is 12.1 Å². The second-order valence-corrected chi connectivity index (χ2v) is 7.04. The summed E-state index contributed by atoms with van der Waals surface area (Å²) in [7, 11) is 2.11. The van der Waals surface area contributed by atoms with Crippen molar-refractivity contribution in [1.29, 1.82) is 0 Å². The molecule has 0 aromatic heterocycles. The SMILES string of the molecule is CN1CCC(NC(=O)N2CCN(C(=O)OCc3ccccc3)CC2)CC1. The molecule has 2 fully saturated rings. The molecule has 3 amide bonds. The van der Waals surface area contributed by atoms with E-state index < -0.39 is 0 Å². The van der Waals surface area contributed by atoms with E-state index in [2.05, 4.69) is 17.3 Å². The number of rotatable bonds is 3. The molecule has 2 saturated heterocycles. The van der Waals surface area contributed by atoms with Crippen molar-refractivity contribution in [2.45, 2.75) is 25.5 Å². The van der Waals surface area contributed by atoms with Gasteiger partial charge >= 0.3 is 12.1 Å². The molecule has 0 radical (unpaired) electrons. The highest BCUT2D eigenvalue weighted by Gasteiger charge is 2.27. The predicted molar refractivity (Wildman–Crippen MR) is 98.8 cm³/mol. The number of hydrogen-bond donors (Lipinski definition) is 1. The fraction of sp³-hybridized carbons (Fsp3) is 0.579. The fourth-order valence-corrected chi connectivity index (χ4v) is 3.32. The van der Waals surface area contributed by atoms with Crippen molar-refractivity contribution in [2.75, 3.05) is 46.3 Å². The predicted octanol–water partition coefficient (Wildman–Crippen LogP) is 1.74. The third kappa shape index (κ3) is 5.11. The van der Waals surface area contributed by atoms with Gasteiger partial charge in [-0.3, -0.25) is 0 Å². The molecule has 7 heteroatoms. The monoisotopic (exact) mass is 360 g/mol. The number of likely N-dealkylation sites (tertiary alicyclic amines) is 1. The van der Waals surface area contributed by atoms with Crippen LogP contribution in [0.25, 0.3) is 0 Å². The number of carbonyl (C=O) groups is 2. The van der Waals surface area contributed by atoms with Crippen LogP contribution in [-0.2, 0) is 11.3 Å². The maximum atomic E-state index is 12.4. The molecular weight excluding hydrogens is 332 g/mol. The number of piperidine rings is 1. The van der Waals surface area contributed by atoms with Crippen molar-refractivity contribution in [2.24, 2.45) is 0 Å². The molecule has 142 valence electrons. The molecule has 0 spiro atoms. The number of piperazine rings is 1. The minimum atomic E-state index is -0.316. The molecule has 1 aromatic rings. The minimum absolute atomic E-state index is 0.0168. The second kappa shape index (κ2) is 8.89. The molecule has 2 aliphatic heterocycles. The van der Waals surface area contributed by atoms with E-state index in [1.54, 1.807) is 9.80 Å². The molecule has 2 aliphatic rings. The summed E-state index contributed by atoms with van der Waals surface area (Å²) in [6.07, 6.45) is 1.67. The lowest BCUT2D eigenvalue weighted by Crippen LogP contribution is -2.55. The van der Waals surface area contributed by atoms with Gasteiger partial charge in [0, 0.05) is 32.2 Å². The molecular formula is C19H28N4O3. The van der Waals surface area contributed by atoms with E-state index in [1.165, 1.54) is 0 Å². The average Bonchev–Trinajstić information content (AvgIpc) is 2.69. The van der Waals surface area contributed by atoms with E-state index in [9.17, 15) is 9.59 Å². The third-order valence-corrected chi connectivity index (χ3v) is 5.08. The van der Waals surface area contributed by atoms with Gasteiger partial charge < -0.3 is 24.8 Å². The van der Waals surface area contributed by atoms with Crippen LogP contribution in [0.1, 0.15) is 18.4 Å². The third-order valence-electron chi connectivity index (χ3n) is 5.08. The molecule has 1 N–H and O–H groups in total. The minimum Gasteiger partial charge on any atom is -0.445 e. The zero-order chi connectivity index (χ0) is 18.4. The quantitative estimate of drug-likeness (QED) is 0.892. The molecule has 7 nitrogen and oxygen atoms in total. The van der Waals surface area contributed by atoms with Crippen molar-refractivity contribution in [1.82, 2.24) is 20.0 Å². The summed E-state index contributed by atoms with van der Waals surface area (Å²) in [4.78, 5) is 30.3. The number of urea groups is 1. The lowest BCUT2D eigenvalue weighted by molar-refractivity contribution is 0.0761. The number of carbonyl (C=O) groups excluding carboxylic acids is 2. The van der Waals surface area contributed by atoms with Crippen molar-refractivity contribution in [3.8, 4) is 0 Å². The topological polar surface area (TPSA) is 65.1 Å². The summed E-state index contributed by atoms with van der Waals surface area (Å²) < 4.78 is 5.36. The van der Waals surface area contributed by atoms with Gasteiger partial charge in [0.05, 0.1) is 0 Å². The Morgan fingerprint density at radius 3 is 2.27 bits per heavy atom. The standard InChI is InChI=1S/C19H28N4O3/c1-21-9-7-17(8-10-21)20-18(24)22-11-13-23(14-12-22)19(25)26-15-16-5-3-2-4-6-16/h2-6,17H,7-15H2,1H3,(H,20,24). The molecule has 0 bridgehead atoms. The van der Waals surface area contributed by atoms with Gasteiger partial charge in [-0.25, -0.2) is 9.59 Å². The van der Waals surface area contributed by atoms with Crippen LogP contribution in [0, 0.1) is 0 Å². The Bertz CT molecular complexity index is 594. The molecule has 0 aliphatic carbocycles. The van der Waals surface area contributed by atoms with Crippen molar-refractivity contribution in [3.05, 3.63) is 35.9 Å². The summed E-state index contributed by atoms with van der Waals surface area (Å²) in [6, 6.07) is 9.87. The van der Waals surface area contributed by atoms with E-state index in [-0.39, 0.29) is 24.8 Å². The van der Waals surface area contributed by atoms with Crippen molar-refractivity contribution < 1.29 is 14.3 Å². The second-order valence-electron chi connectivity index (χ2n) is 7.04. The number of nitrogens with zero attached hydrogens (tertiary/aromatic N) is 3. The van der Waals surface area contributed by atoms with E-state index in [4.69, 9.17) is 4.74 Å². The molecule has 0 unspecified atom stereocenters. The lowest BCUT2D eigenvalue weighted by atomic mass is 10.1. The Labute approximate surface area is 154 Å². The highest BCUT2D eigenvalue weighted by atomic mass is 16.6. The Morgan fingerprint density at radius 1 is 1.00 bits per heavy atom. The first-order valence-electron chi connectivity index (χ1n) is 9.31. The van der Waals surface area contributed by atoms with Crippen LogP contribution in [0.15, 0.2) is 30.3 Å². The van der Waals surface area contributed by atoms with Crippen LogP contribution in [0.2, 0.25) is 0 Å². The Balaban J connectivity index is 1.38. The summed E-state index contributed by atoms with van der Waals surface area (Å²) in [6.45, 7) is 4.41. The smallest absolute Gasteiger partial charge is 0.410 e.